The number of hydrogen-bond acceptors (Lipinski definition) is 0. The molecule has 0 N–H and O–H groups in total. The Morgan fingerprint density at radius 3 is 1.36 bits per heavy atom. The molecule has 47 heavy (non-hydrogen) atoms. The van der Waals surface area contributed by atoms with Crippen LogP contribution in [-0.2, 0) is 48.9 Å². The molecule has 0 amide bonds. The second-order valence-corrected chi connectivity index (χ2v) is 17.1. The largest absolute Gasteiger partial charge is 1.00 e. The number of hydrogen-bond donors (Lipinski definition) is 0. The molecule has 0 saturated carbocycles. The van der Waals surface area contributed by atoms with Crippen molar-refractivity contribution in [1.29, 1.82) is 0 Å². The number of aryl methyl sites for hydroxylation is 2. The maximum Gasteiger partial charge on any atom is -1.00 e. The van der Waals surface area contributed by atoms with Crippen molar-refractivity contribution in [2.75, 3.05) is 0 Å². The van der Waals surface area contributed by atoms with E-state index in [9.17, 15) is 0 Å². The molecule has 0 radical (unpaired) electrons. The van der Waals surface area contributed by atoms with Crippen LogP contribution in [0.25, 0.3) is 45.4 Å². The third-order valence-electron chi connectivity index (χ3n) is 11.0. The summed E-state index contributed by atoms with van der Waals surface area (Å²) in [6.45, 7) is 0. The fraction of sp³-hybridized carbons (Fsp3) is 0.238. The van der Waals surface area contributed by atoms with Crippen LogP contribution < -0.4 is 9.41 Å². The molecular weight excluding hydrogens is 662 g/mol. The summed E-state index contributed by atoms with van der Waals surface area (Å²) in [5.41, 5.74) is 18.3. The van der Waals surface area contributed by atoms with Gasteiger partial charge in [-0.15, -0.1) is 0 Å². The summed E-state index contributed by atoms with van der Waals surface area (Å²) in [6.07, 6.45) is 15.1. The third-order valence-corrected chi connectivity index (χ3v) is 15.6. The van der Waals surface area contributed by atoms with E-state index in [1.54, 1.807) is 45.0 Å². The Bertz CT molecular complexity index is 2080. The predicted molar refractivity (Wildman–Crippen MR) is 184 cm³/mol. The van der Waals surface area contributed by atoms with Crippen molar-refractivity contribution in [3.05, 3.63) is 142 Å². The summed E-state index contributed by atoms with van der Waals surface area (Å²) < 4.78 is 6.46. The van der Waals surface area contributed by atoms with Crippen molar-refractivity contribution in [1.82, 2.24) is 9.13 Å². The monoisotopic (exact) mass is 696 g/mol. The van der Waals surface area contributed by atoms with Gasteiger partial charge in [-0.2, -0.15) is 0 Å². The van der Waals surface area contributed by atoms with Gasteiger partial charge in [-0.25, -0.2) is 0 Å². The molecule has 2 aromatic heterocycles. The van der Waals surface area contributed by atoms with Crippen LogP contribution in [0.2, 0.25) is 0 Å². The van der Waals surface area contributed by atoms with Crippen molar-refractivity contribution in [2.24, 2.45) is 0 Å². The topological polar surface area (TPSA) is 9.86 Å². The Hall–Kier alpha value is -3.82. The molecule has 2 heterocycles. The smallest absolute Gasteiger partial charge is 1.00 e. The van der Waals surface area contributed by atoms with Gasteiger partial charge in [0.25, 0.3) is 0 Å². The predicted octanol–water partition coefficient (Wildman–Crippen LogP) is 4.25. The van der Waals surface area contributed by atoms with E-state index in [0.29, 0.717) is 7.25 Å². The molecule has 10 rings (SSSR count). The molecule has 5 heteroatoms. The van der Waals surface area contributed by atoms with Gasteiger partial charge in [0.15, 0.2) is 0 Å². The molecule has 2 atom stereocenters. The number of aromatic nitrogens is 2. The SMILES string of the molecule is C1=C(n2c3c(c4ccccc42)CCCC3)[CH]([Zr+2][CH]2C(n3c4c(c5ccccc53)CCCC4)=Cc3ccccc32)c2ccccc21.[F-].[F-]. The Morgan fingerprint density at radius 1 is 0.468 bits per heavy atom. The molecule has 4 aliphatic rings. The van der Waals surface area contributed by atoms with E-state index >= 15 is 0 Å². The van der Waals surface area contributed by atoms with Gasteiger partial charge in [-0.05, 0) is 0 Å². The van der Waals surface area contributed by atoms with Crippen LogP contribution >= 0.6 is 0 Å². The average Bonchev–Trinajstić information content (AvgIpc) is 3.83. The Labute approximate surface area is 286 Å². The first-order valence-electron chi connectivity index (χ1n) is 17.0. The van der Waals surface area contributed by atoms with Gasteiger partial charge >= 0.3 is 278 Å². The number of benzene rings is 4. The molecule has 4 aromatic carbocycles. The maximum absolute atomic E-state index is 2.74. The number of fused-ring (bicyclic) bond motifs is 8. The van der Waals surface area contributed by atoms with Crippen LogP contribution in [0, 0.1) is 0 Å². The zero-order valence-corrected chi connectivity index (χ0v) is 28.8. The summed E-state index contributed by atoms with van der Waals surface area (Å²) in [4.78, 5) is 0. The maximum atomic E-state index is 2.74. The van der Waals surface area contributed by atoms with Gasteiger partial charge in [-0.1, -0.05) is 0 Å². The molecule has 2 nitrogen and oxygen atoms in total. The number of halogens is 2. The van der Waals surface area contributed by atoms with Gasteiger partial charge in [0.05, 0.1) is 0 Å². The van der Waals surface area contributed by atoms with Gasteiger partial charge < -0.3 is 9.41 Å². The number of nitrogens with zero attached hydrogens (tertiary/aromatic N) is 2. The van der Waals surface area contributed by atoms with Crippen molar-refractivity contribution < 1.29 is 32.6 Å². The molecule has 0 fully saturated rings. The van der Waals surface area contributed by atoms with E-state index in [0.717, 1.165) is 0 Å². The zero-order valence-electron chi connectivity index (χ0n) is 26.4. The van der Waals surface area contributed by atoms with E-state index < -0.39 is 23.2 Å². The van der Waals surface area contributed by atoms with E-state index in [1.807, 2.05) is 0 Å². The van der Waals surface area contributed by atoms with Gasteiger partial charge in [0, 0.05) is 0 Å². The molecular formula is C42H36F2N2Zr. The molecule has 2 unspecified atom stereocenters. The normalized spacial score (nSPS) is 19.1. The molecule has 0 saturated heterocycles. The first-order valence-corrected chi connectivity index (χ1v) is 19.8. The molecule has 6 aromatic rings. The van der Waals surface area contributed by atoms with Crippen molar-refractivity contribution in [3.63, 3.8) is 0 Å². The zero-order chi connectivity index (χ0) is 29.5. The minimum absolute atomic E-state index is 0. The van der Waals surface area contributed by atoms with Crippen LogP contribution in [0.4, 0.5) is 0 Å². The Morgan fingerprint density at radius 2 is 0.872 bits per heavy atom. The summed E-state index contributed by atoms with van der Waals surface area (Å²) >= 11 is -1.16. The Balaban J connectivity index is 0.00000162. The van der Waals surface area contributed by atoms with E-state index in [1.165, 1.54) is 84.3 Å². The van der Waals surface area contributed by atoms with E-state index in [-0.39, 0.29) is 9.41 Å². The molecule has 0 aliphatic heterocycles. The summed E-state index contributed by atoms with van der Waals surface area (Å²) in [5, 5.41) is 2.95. The van der Waals surface area contributed by atoms with Crippen LogP contribution in [0.1, 0.15) is 77.7 Å². The molecule has 232 valence electrons. The second kappa shape index (κ2) is 12.0. The minimum atomic E-state index is -1.16. The fourth-order valence-corrected chi connectivity index (χ4v) is 14.0. The van der Waals surface area contributed by atoms with Gasteiger partial charge in [0.1, 0.15) is 0 Å². The summed E-state index contributed by atoms with van der Waals surface area (Å²) in [7, 11) is 0. The molecule has 0 bridgehead atoms. The average molecular weight is 698 g/mol. The van der Waals surface area contributed by atoms with Gasteiger partial charge in [-0.3, -0.25) is 0 Å². The van der Waals surface area contributed by atoms with Gasteiger partial charge in [0.2, 0.25) is 0 Å². The van der Waals surface area contributed by atoms with Crippen molar-refractivity contribution in [3.8, 4) is 0 Å². The summed E-state index contributed by atoms with van der Waals surface area (Å²) in [5.74, 6) is 0. The van der Waals surface area contributed by atoms with Crippen molar-refractivity contribution in [2.45, 2.75) is 58.6 Å². The third kappa shape index (κ3) is 4.56. The van der Waals surface area contributed by atoms with Crippen LogP contribution in [0.3, 0.4) is 0 Å². The standard InChI is InChI=1S/2C21H18N.2FH.Zr/c2*1-2-8-16-14-17(13-15(16)7-1)22-20-11-5-3-9-18(20)19-10-4-6-12-21(19)22;;;/h2*1-3,5,7-9,11,13-14H,4,6,10,12H2;2*1H;/q;;;;+2/p-2. The summed E-state index contributed by atoms with van der Waals surface area (Å²) in [6, 6.07) is 37.1. The fourth-order valence-electron chi connectivity index (χ4n) is 9.10. The quantitative estimate of drug-likeness (QED) is 0.261. The first-order chi connectivity index (χ1) is 22.3. The van der Waals surface area contributed by atoms with Crippen molar-refractivity contribution >= 4 is 45.4 Å². The number of allylic oxidation sites excluding steroid dienone is 2. The van der Waals surface area contributed by atoms with Crippen LogP contribution in [0.15, 0.2) is 97.1 Å². The minimum Gasteiger partial charge on any atom is -1.00 e. The second-order valence-electron chi connectivity index (χ2n) is 13.4. The first kappa shape index (κ1) is 30.5. The molecule has 4 aliphatic carbocycles. The van der Waals surface area contributed by atoms with E-state index in [4.69, 9.17) is 0 Å². The number of para-hydroxylation sites is 2. The number of rotatable bonds is 4. The Kier molecular flexibility index (Phi) is 7.80. The van der Waals surface area contributed by atoms with E-state index in [2.05, 4.69) is 118 Å². The molecule has 0 spiro atoms. The van der Waals surface area contributed by atoms with Crippen LogP contribution in [-0.4, -0.2) is 9.13 Å². The van der Waals surface area contributed by atoms with Crippen LogP contribution in [0.5, 0.6) is 0 Å².